The van der Waals surface area contributed by atoms with Crippen LogP contribution in [0.2, 0.25) is 0 Å². The average molecular weight is 429 g/mol. The lowest BCUT2D eigenvalue weighted by Gasteiger charge is -2.38. The second kappa shape index (κ2) is 10.1. The van der Waals surface area contributed by atoms with Gasteiger partial charge in [0.1, 0.15) is 0 Å². The fourth-order valence-corrected chi connectivity index (χ4v) is 4.31. The number of piperazine rings is 1. The zero-order valence-corrected chi connectivity index (χ0v) is 17.8. The van der Waals surface area contributed by atoms with Crippen LogP contribution < -0.4 is 10.6 Å². The summed E-state index contributed by atoms with van der Waals surface area (Å²) in [6.07, 6.45) is 1.38. The molecule has 4 rings (SSSR count). The zero-order valence-electron chi connectivity index (χ0n) is 17.0. The molecule has 2 atom stereocenters. The van der Waals surface area contributed by atoms with E-state index >= 15 is 0 Å². The maximum Gasteiger partial charge on any atom is 0.244 e. The Labute approximate surface area is 184 Å². The number of para-hydroxylation sites is 1. The quantitative estimate of drug-likeness (QED) is 0.790. The number of anilines is 1. The van der Waals surface area contributed by atoms with Crippen molar-refractivity contribution in [1.29, 1.82) is 0 Å². The number of carbonyl (C=O) groups excluding carboxylic acids is 2. The summed E-state index contributed by atoms with van der Waals surface area (Å²) in [4.78, 5) is 31.6. The Hall–Kier alpha value is -2.41. The van der Waals surface area contributed by atoms with E-state index in [9.17, 15) is 9.59 Å². The topological polar surface area (TPSA) is 69.9 Å². The highest BCUT2D eigenvalue weighted by atomic mass is 35.5. The van der Waals surface area contributed by atoms with E-state index in [4.69, 9.17) is 5.73 Å². The summed E-state index contributed by atoms with van der Waals surface area (Å²) in [6.45, 7) is 3.41. The average Bonchev–Trinajstić information content (AvgIpc) is 3.16. The molecule has 30 heavy (non-hydrogen) atoms. The summed E-state index contributed by atoms with van der Waals surface area (Å²) < 4.78 is 0. The third-order valence-electron chi connectivity index (χ3n) is 5.93. The number of benzene rings is 2. The van der Waals surface area contributed by atoms with Crippen LogP contribution >= 0.6 is 12.4 Å². The Morgan fingerprint density at radius 2 is 1.53 bits per heavy atom. The highest BCUT2D eigenvalue weighted by Crippen LogP contribution is 2.25. The minimum Gasteiger partial charge on any atom is -0.339 e. The van der Waals surface area contributed by atoms with Crippen molar-refractivity contribution in [1.82, 2.24) is 9.80 Å². The number of amides is 2. The number of hydrogen-bond donors (Lipinski definition) is 1. The molecule has 1 unspecified atom stereocenters. The Morgan fingerprint density at radius 1 is 0.933 bits per heavy atom. The van der Waals surface area contributed by atoms with Gasteiger partial charge in [-0.05, 0) is 30.5 Å². The summed E-state index contributed by atoms with van der Waals surface area (Å²) >= 11 is 0. The minimum absolute atomic E-state index is 0. The van der Waals surface area contributed by atoms with E-state index in [0.29, 0.717) is 32.6 Å². The van der Waals surface area contributed by atoms with Gasteiger partial charge in [-0.1, -0.05) is 48.5 Å². The number of nitrogens with zero attached hydrogens (tertiary/aromatic N) is 3. The molecule has 0 spiro atoms. The molecule has 2 aliphatic heterocycles. The second-order valence-corrected chi connectivity index (χ2v) is 7.79. The molecule has 2 aromatic rings. The van der Waals surface area contributed by atoms with Crippen molar-refractivity contribution in [3.63, 3.8) is 0 Å². The first kappa shape index (κ1) is 22.3. The van der Waals surface area contributed by atoms with Crippen molar-refractivity contribution in [2.75, 3.05) is 37.6 Å². The minimum atomic E-state index is -0.523. The molecule has 7 heteroatoms. The fourth-order valence-electron chi connectivity index (χ4n) is 4.31. The highest BCUT2D eigenvalue weighted by Gasteiger charge is 2.38. The number of hydrogen-bond acceptors (Lipinski definition) is 4. The van der Waals surface area contributed by atoms with Crippen LogP contribution in [0.5, 0.6) is 0 Å². The predicted molar refractivity (Wildman–Crippen MR) is 121 cm³/mol. The van der Waals surface area contributed by atoms with E-state index < -0.39 is 6.04 Å². The molecule has 2 heterocycles. The van der Waals surface area contributed by atoms with Crippen LogP contribution in [0, 0.1) is 0 Å². The Balaban J connectivity index is 0.00000256. The van der Waals surface area contributed by atoms with Gasteiger partial charge in [0, 0.05) is 38.4 Å². The van der Waals surface area contributed by atoms with E-state index in [1.807, 2.05) is 70.5 Å². The third-order valence-corrected chi connectivity index (χ3v) is 5.93. The predicted octanol–water partition coefficient (Wildman–Crippen LogP) is 1.93. The molecular formula is C23H29ClN4O2. The molecule has 0 aromatic heterocycles. The van der Waals surface area contributed by atoms with Gasteiger partial charge in [0.15, 0.2) is 0 Å². The molecule has 0 aliphatic carbocycles. The first-order chi connectivity index (χ1) is 14.1. The smallest absolute Gasteiger partial charge is 0.244 e. The molecule has 0 bridgehead atoms. The Kier molecular flexibility index (Phi) is 7.48. The van der Waals surface area contributed by atoms with E-state index in [2.05, 4.69) is 4.90 Å². The van der Waals surface area contributed by atoms with Gasteiger partial charge >= 0.3 is 0 Å². The van der Waals surface area contributed by atoms with E-state index in [-0.39, 0.29) is 30.3 Å². The molecule has 160 valence electrons. The number of halogens is 1. The lowest BCUT2D eigenvalue weighted by molar-refractivity contribution is -0.135. The SMILES string of the molecule is Cl.N[C@@H](Cc1ccccc1)C(=O)N1CCN(C2CCN(c3ccccc3)C2=O)CC1. The second-order valence-electron chi connectivity index (χ2n) is 7.79. The van der Waals surface area contributed by atoms with Crippen LogP contribution in [-0.2, 0) is 16.0 Å². The van der Waals surface area contributed by atoms with Gasteiger partial charge in [-0.2, -0.15) is 0 Å². The maximum atomic E-state index is 12.9. The van der Waals surface area contributed by atoms with E-state index in [1.54, 1.807) is 0 Å². The third kappa shape index (κ3) is 4.83. The first-order valence-electron chi connectivity index (χ1n) is 10.3. The van der Waals surface area contributed by atoms with Crippen molar-refractivity contribution in [3.8, 4) is 0 Å². The van der Waals surface area contributed by atoms with Crippen molar-refractivity contribution >= 4 is 29.9 Å². The number of nitrogens with two attached hydrogens (primary N) is 1. The normalized spacial score (nSPS) is 20.7. The van der Waals surface area contributed by atoms with Gasteiger partial charge in [-0.15, -0.1) is 12.4 Å². The highest BCUT2D eigenvalue weighted by molar-refractivity contribution is 5.99. The van der Waals surface area contributed by atoms with Crippen LogP contribution in [0.1, 0.15) is 12.0 Å². The Morgan fingerprint density at radius 3 is 2.17 bits per heavy atom. The van der Waals surface area contributed by atoms with Crippen LogP contribution in [0.15, 0.2) is 60.7 Å². The Bertz CT molecular complexity index is 841. The number of rotatable bonds is 5. The van der Waals surface area contributed by atoms with Crippen molar-refractivity contribution in [2.45, 2.75) is 24.9 Å². The van der Waals surface area contributed by atoms with Crippen LogP contribution in [-0.4, -0.2) is 66.4 Å². The summed E-state index contributed by atoms with van der Waals surface area (Å²) in [5.41, 5.74) is 8.21. The summed E-state index contributed by atoms with van der Waals surface area (Å²) in [7, 11) is 0. The summed E-state index contributed by atoms with van der Waals surface area (Å²) in [5.74, 6) is 0.161. The van der Waals surface area contributed by atoms with Crippen LogP contribution in [0.3, 0.4) is 0 Å². The van der Waals surface area contributed by atoms with Crippen molar-refractivity contribution in [2.24, 2.45) is 5.73 Å². The summed E-state index contributed by atoms with van der Waals surface area (Å²) in [5, 5.41) is 0. The van der Waals surface area contributed by atoms with Gasteiger partial charge in [-0.25, -0.2) is 0 Å². The molecule has 0 saturated carbocycles. The van der Waals surface area contributed by atoms with Crippen LogP contribution in [0.4, 0.5) is 5.69 Å². The molecule has 2 aromatic carbocycles. The monoisotopic (exact) mass is 428 g/mol. The fraction of sp³-hybridized carbons (Fsp3) is 0.391. The molecule has 6 nitrogen and oxygen atoms in total. The molecule has 0 radical (unpaired) electrons. The molecule has 2 N–H and O–H groups in total. The lowest BCUT2D eigenvalue weighted by Crippen LogP contribution is -2.56. The van der Waals surface area contributed by atoms with Crippen LogP contribution in [0.25, 0.3) is 0 Å². The van der Waals surface area contributed by atoms with E-state index in [0.717, 1.165) is 24.2 Å². The van der Waals surface area contributed by atoms with Gasteiger partial charge in [0.2, 0.25) is 11.8 Å². The molecule has 2 aliphatic rings. The van der Waals surface area contributed by atoms with Gasteiger partial charge in [-0.3, -0.25) is 14.5 Å². The zero-order chi connectivity index (χ0) is 20.2. The molecule has 2 amide bonds. The molecular weight excluding hydrogens is 400 g/mol. The largest absolute Gasteiger partial charge is 0.339 e. The van der Waals surface area contributed by atoms with Gasteiger partial charge < -0.3 is 15.5 Å². The van der Waals surface area contributed by atoms with Crippen molar-refractivity contribution < 1.29 is 9.59 Å². The van der Waals surface area contributed by atoms with E-state index in [1.165, 1.54) is 0 Å². The molecule has 2 saturated heterocycles. The standard InChI is InChI=1S/C23H28N4O2.ClH/c24-20(17-18-7-3-1-4-8-18)22(28)26-15-13-25(14-16-26)21-11-12-27(23(21)29)19-9-5-2-6-10-19;/h1-10,20-21H,11-17,24H2;1H/t20-,21?;/m0./s1. The van der Waals surface area contributed by atoms with Gasteiger partial charge in [0.25, 0.3) is 0 Å². The molecule has 2 fully saturated rings. The van der Waals surface area contributed by atoms with Crippen molar-refractivity contribution in [3.05, 3.63) is 66.2 Å². The maximum absolute atomic E-state index is 12.9. The van der Waals surface area contributed by atoms with Gasteiger partial charge in [0.05, 0.1) is 12.1 Å². The first-order valence-corrected chi connectivity index (χ1v) is 10.3. The number of carbonyl (C=O) groups is 2. The lowest BCUT2D eigenvalue weighted by atomic mass is 10.1. The summed E-state index contributed by atoms with van der Waals surface area (Å²) in [6, 6.07) is 19.1.